The molecule has 1 aromatic rings. The third kappa shape index (κ3) is 2.74. The standard InChI is InChI=1S/C13H18BrNOS/c1-9(2)12(11-6-4-8-17-11)15-7-3-5-10(14)13(15)16/h4,6,8-10,12H,3,5,7H2,1-2H3. The van der Waals surface area contributed by atoms with Crippen molar-refractivity contribution in [2.24, 2.45) is 5.92 Å². The lowest BCUT2D eigenvalue weighted by Crippen LogP contribution is -2.45. The van der Waals surface area contributed by atoms with E-state index in [1.807, 2.05) is 0 Å². The van der Waals surface area contributed by atoms with Crippen LogP contribution in [0.2, 0.25) is 0 Å². The molecule has 0 bridgehead atoms. The maximum Gasteiger partial charge on any atom is 0.236 e. The zero-order valence-corrected chi connectivity index (χ0v) is 12.6. The minimum Gasteiger partial charge on any atom is -0.334 e. The zero-order valence-electron chi connectivity index (χ0n) is 10.2. The summed E-state index contributed by atoms with van der Waals surface area (Å²) in [6, 6.07) is 4.44. The van der Waals surface area contributed by atoms with E-state index in [0.29, 0.717) is 5.92 Å². The number of carbonyl (C=O) groups excluding carboxylic acids is 1. The van der Waals surface area contributed by atoms with Crippen LogP contribution in [-0.2, 0) is 4.79 Å². The van der Waals surface area contributed by atoms with Crippen molar-refractivity contribution < 1.29 is 4.79 Å². The maximum atomic E-state index is 12.3. The lowest BCUT2D eigenvalue weighted by molar-refractivity contribution is -0.136. The number of nitrogens with zero attached hydrogens (tertiary/aromatic N) is 1. The Hall–Kier alpha value is -0.350. The molecule has 1 aliphatic heterocycles. The van der Waals surface area contributed by atoms with Gasteiger partial charge in [-0.05, 0) is 30.2 Å². The van der Waals surface area contributed by atoms with Gasteiger partial charge in [-0.25, -0.2) is 0 Å². The fourth-order valence-corrected chi connectivity index (χ4v) is 4.03. The molecule has 4 heteroatoms. The van der Waals surface area contributed by atoms with Gasteiger partial charge in [-0.15, -0.1) is 11.3 Å². The molecule has 94 valence electrons. The number of piperidine rings is 1. The van der Waals surface area contributed by atoms with E-state index >= 15 is 0 Å². The van der Waals surface area contributed by atoms with Crippen molar-refractivity contribution in [3.05, 3.63) is 22.4 Å². The number of alkyl halides is 1. The molecule has 0 spiro atoms. The van der Waals surface area contributed by atoms with Crippen LogP contribution in [0.1, 0.15) is 37.6 Å². The summed E-state index contributed by atoms with van der Waals surface area (Å²) in [4.78, 5) is 15.6. The van der Waals surface area contributed by atoms with E-state index in [9.17, 15) is 4.79 Å². The lowest BCUT2D eigenvalue weighted by Gasteiger charge is -2.38. The van der Waals surface area contributed by atoms with Crippen LogP contribution in [0.4, 0.5) is 0 Å². The van der Waals surface area contributed by atoms with Gasteiger partial charge in [-0.2, -0.15) is 0 Å². The zero-order chi connectivity index (χ0) is 12.4. The first kappa shape index (κ1) is 13.1. The molecule has 0 aliphatic carbocycles. The first-order valence-corrected chi connectivity index (χ1v) is 7.88. The number of thiophene rings is 1. The highest BCUT2D eigenvalue weighted by atomic mass is 79.9. The van der Waals surface area contributed by atoms with E-state index in [4.69, 9.17) is 0 Å². The molecule has 0 saturated carbocycles. The van der Waals surface area contributed by atoms with Crippen molar-refractivity contribution in [2.45, 2.75) is 37.6 Å². The minimum atomic E-state index is 0.0115. The van der Waals surface area contributed by atoms with Crippen molar-refractivity contribution in [3.63, 3.8) is 0 Å². The van der Waals surface area contributed by atoms with E-state index in [-0.39, 0.29) is 16.8 Å². The molecule has 0 N–H and O–H groups in total. The highest BCUT2D eigenvalue weighted by Gasteiger charge is 2.34. The molecule has 0 radical (unpaired) electrons. The Balaban J connectivity index is 2.24. The van der Waals surface area contributed by atoms with Crippen molar-refractivity contribution in [3.8, 4) is 0 Å². The molecule has 2 atom stereocenters. The molecule has 0 aromatic carbocycles. The quantitative estimate of drug-likeness (QED) is 0.776. The lowest BCUT2D eigenvalue weighted by atomic mass is 9.97. The van der Waals surface area contributed by atoms with Crippen molar-refractivity contribution in [2.75, 3.05) is 6.54 Å². The molecule has 1 aliphatic rings. The van der Waals surface area contributed by atoms with Gasteiger partial charge < -0.3 is 4.90 Å². The van der Waals surface area contributed by atoms with E-state index in [1.165, 1.54) is 4.88 Å². The molecule has 2 rings (SSSR count). The Morgan fingerprint density at radius 1 is 1.53 bits per heavy atom. The van der Waals surface area contributed by atoms with Gasteiger partial charge in [-0.3, -0.25) is 4.79 Å². The SMILES string of the molecule is CC(C)C(c1cccs1)N1CCCC(Br)C1=O. The molecule has 1 saturated heterocycles. The van der Waals surface area contributed by atoms with E-state index in [0.717, 1.165) is 19.4 Å². The maximum absolute atomic E-state index is 12.3. The van der Waals surface area contributed by atoms with Crippen LogP contribution in [0.5, 0.6) is 0 Å². The van der Waals surface area contributed by atoms with Crippen LogP contribution in [0, 0.1) is 5.92 Å². The topological polar surface area (TPSA) is 20.3 Å². The van der Waals surface area contributed by atoms with E-state index in [1.54, 1.807) is 11.3 Å². The van der Waals surface area contributed by atoms with Crippen molar-refractivity contribution in [1.82, 2.24) is 4.90 Å². The average molecular weight is 316 g/mol. The average Bonchev–Trinajstić information content (AvgIpc) is 2.77. The predicted octanol–water partition coefficient (Wildman–Crippen LogP) is 3.83. The second kappa shape index (κ2) is 5.53. The van der Waals surface area contributed by atoms with Gasteiger partial charge in [-0.1, -0.05) is 35.8 Å². The first-order valence-electron chi connectivity index (χ1n) is 6.09. The van der Waals surface area contributed by atoms with E-state index < -0.39 is 0 Å². The summed E-state index contributed by atoms with van der Waals surface area (Å²) in [5.74, 6) is 0.707. The third-order valence-electron chi connectivity index (χ3n) is 3.21. The first-order chi connectivity index (χ1) is 8.11. The largest absolute Gasteiger partial charge is 0.334 e. The Kier molecular flexibility index (Phi) is 4.26. The number of rotatable bonds is 3. The smallest absolute Gasteiger partial charge is 0.236 e. The Morgan fingerprint density at radius 3 is 2.88 bits per heavy atom. The van der Waals surface area contributed by atoms with Crippen LogP contribution < -0.4 is 0 Å². The Morgan fingerprint density at radius 2 is 2.29 bits per heavy atom. The number of halogens is 1. The van der Waals surface area contributed by atoms with Crippen LogP contribution in [0.3, 0.4) is 0 Å². The summed E-state index contributed by atoms with van der Waals surface area (Å²) in [5, 5.41) is 2.09. The van der Waals surface area contributed by atoms with Crippen LogP contribution in [-0.4, -0.2) is 22.2 Å². The molecule has 2 unspecified atom stereocenters. The Labute approximate surface area is 115 Å². The number of hydrogen-bond donors (Lipinski definition) is 0. The number of likely N-dealkylation sites (tertiary alicyclic amines) is 1. The van der Waals surface area contributed by atoms with Gasteiger partial charge in [0.05, 0.1) is 10.9 Å². The molecule has 2 nitrogen and oxygen atoms in total. The van der Waals surface area contributed by atoms with Crippen molar-refractivity contribution in [1.29, 1.82) is 0 Å². The summed E-state index contributed by atoms with van der Waals surface area (Å²) in [5.41, 5.74) is 0. The number of amides is 1. The summed E-state index contributed by atoms with van der Waals surface area (Å²) in [6.07, 6.45) is 2.06. The number of carbonyl (C=O) groups is 1. The summed E-state index contributed by atoms with van der Waals surface area (Å²) in [7, 11) is 0. The molecule has 1 amide bonds. The van der Waals surface area contributed by atoms with Gasteiger partial charge >= 0.3 is 0 Å². The fraction of sp³-hybridized carbons (Fsp3) is 0.615. The number of hydrogen-bond acceptors (Lipinski definition) is 2. The fourth-order valence-electron chi connectivity index (χ4n) is 2.43. The van der Waals surface area contributed by atoms with Crippen LogP contribution in [0.25, 0.3) is 0 Å². The Bertz CT molecular complexity index is 377. The summed E-state index contributed by atoms with van der Waals surface area (Å²) in [6.45, 7) is 5.27. The normalized spacial score (nSPS) is 23.2. The molecule has 1 fully saturated rings. The highest BCUT2D eigenvalue weighted by molar-refractivity contribution is 9.10. The highest BCUT2D eigenvalue weighted by Crippen LogP contribution is 2.35. The molecule has 1 aromatic heterocycles. The van der Waals surface area contributed by atoms with Gasteiger partial charge in [0.25, 0.3) is 0 Å². The molecular formula is C13H18BrNOS. The summed E-state index contributed by atoms with van der Waals surface area (Å²) >= 11 is 5.23. The molecular weight excluding hydrogens is 298 g/mol. The molecule has 17 heavy (non-hydrogen) atoms. The van der Waals surface area contributed by atoms with Gasteiger partial charge in [0.1, 0.15) is 0 Å². The van der Waals surface area contributed by atoms with Crippen LogP contribution in [0.15, 0.2) is 17.5 Å². The molecule has 2 heterocycles. The second-order valence-electron chi connectivity index (χ2n) is 4.85. The van der Waals surface area contributed by atoms with Gasteiger partial charge in [0, 0.05) is 11.4 Å². The van der Waals surface area contributed by atoms with Crippen LogP contribution >= 0.6 is 27.3 Å². The monoisotopic (exact) mass is 315 g/mol. The van der Waals surface area contributed by atoms with Gasteiger partial charge in [0.2, 0.25) is 5.91 Å². The second-order valence-corrected chi connectivity index (χ2v) is 6.93. The predicted molar refractivity (Wildman–Crippen MR) is 75.6 cm³/mol. The third-order valence-corrected chi connectivity index (χ3v) is 5.00. The van der Waals surface area contributed by atoms with Crippen molar-refractivity contribution >= 4 is 33.2 Å². The van der Waals surface area contributed by atoms with Gasteiger partial charge in [0.15, 0.2) is 0 Å². The minimum absolute atomic E-state index is 0.0115. The van der Waals surface area contributed by atoms with E-state index in [2.05, 4.69) is 52.2 Å². The summed E-state index contributed by atoms with van der Waals surface area (Å²) < 4.78 is 0.